The molecule has 0 spiro atoms. The molecule has 0 amide bonds. The Balaban J connectivity index is 1.98. The smallest absolute Gasteiger partial charge is 0.231 e. The number of ether oxygens (including phenoxy) is 4. The lowest BCUT2D eigenvalue weighted by molar-refractivity contribution is 0.103. The number of nitrogens with two attached hydrogens (primary N) is 1. The second kappa shape index (κ2) is 8.69. The van der Waals surface area contributed by atoms with Crippen LogP contribution in [0.2, 0.25) is 0 Å². The molecule has 28 heavy (non-hydrogen) atoms. The number of benzene rings is 2. The summed E-state index contributed by atoms with van der Waals surface area (Å²) < 4.78 is 21.9. The molecule has 3 rings (SSSR count). The van der Waals surface area contributed by atoms with Crippen LogP contribution in [0.4, 0.5) is 5.69 Å². The number of carbonyl (C=O) groups excluding carboxylic acids is 1. The maximum atomic E-state index is 13.1. The Morgan fingerprint density at radius 1 is 1.21 bits per heavy atom. The van der Waals surface area contributed by atoms with Crippen LogP contribution in [0, 0.1) is 0 Å². The summed E-state index contributed by atoms with van der Waals surface area (Å²) in [4.78, 5) is 13.1. The van der Waals surface area contributed by atoms with E-state index in [1.165, 1.54) is 0 Å². The summed E-state index contributed by atoms with van der Waals surface area (Å²) >= 11 is 0. The summed E-state index contributed by atoms with van der Waals surface area (Å²) in [6.07, 6.45) is 3.31. The van der Waals surface area contributed by atoms with E-state index in [0.717, 1.165) is 12.0 Å². The van der Waals surface area contributed by atoms with E-state index in [4.69, 9.17) is 24.7 Å². The van der Waals surface area contributed by atoms with E-state index in [1.807, 2.05) is 32.1 Å². The van der Waals surface area contributed by atoms with Crippen molar-refractivity contribution < 1.29 is 23.7 Å². The number of rotatable bonds is 8. The van der Waals surface area contributed by atoms with Gasteiger partial charge < -0.3 is 24.7 Å². The molecule has 1 heterocycles. The van der Waals surface area contributed by atoms with Crippen molar-refractivity contribution in [3.8, 4) is 23.0 Å². The fourth-order valence-electron chi connectivity index (χ4n) is 3.16. The molecule has 0 aromatic heterocycles. The molecular formula is C22H25NO5. The standard InChI is InChI=1S/C22H25NO5/c1-4-6-14(20(24)15-7-9-18(26-5-2)17(23)12-15)11-16-8-10-19-22(21(16)25-3)28-13-27-19/h7-12H,4-6,13,23H2,1-3H3/b14-11+. The van der Waals surface area contributed by atoms with Crippen molar-refractivity contribution in [2.45, 2.75) is 26.7 Å². The van der Waals surface area contributed by atoms with Gasteiger partial charge in [0, 0.05) is 16.7 Å². The third-order valence-corrected chi connectivity index (χ3v) is 4.44. The van der Waals surface area contributed by atoms with Crippen molar-refractivity contribution in [1.29, 1.82) is 0 Å². The van der Waals surface area contributed by atoms with Crippen LogP contribution in [0.5, 0.6) is 23.0 Å². The summed E-state index contributed by atoms with van der Waals surface area (Å²) in [5.74, 6) is 2.26. The largest absolute Gasteiger partial charge is 0.492 e. The highest BCUT2D eigenvalue weighted by molar-refractivity contribution is 6.12. The number of Topliss-reactive ketones (excluding diaryl/α,β-unsaturated/α-hetero) is 1. The van der Waals surface area contributed by atoms with Crippen LogP contribution >= 0.6 is 0 Å². The lowest BCUT2D eigenvalue weighted by Crippen LogP contribution is -2.06. The minimum atomic E-state index is -0.0729. The highest BCUT2D eigenvalue weighted by Crippen LogP contribution is 2.44. The Bertz CT molecular complexity index is 904. The van der Waals surface area contributed by atoms with Gasteiger partial charge in [0.1, 0.15) is 5.75 Å². The molecule has 0 saturated heterocycles. The van der Waals surface area contributed by atoms with Crippen molar-refractivity contribution in [1.82, 2.24) is 0 Å². The average molecular weight is 383 g/mol. The normalized spacial score (nSPS) is 12.8. The minimum Gasteiger partial charge on any atom is -0.492 e. The predicted molar refractivity (Wildman–Crippen MR) is 108 cm³/mol. The van der Waals surface area contributed by atoms with Gasteiger partial charge in [-0.05, 0) is 49.8 Å². The first-order chi connectivity index (χ1) is 13.6. The molecule has 0 unspecified atom stereocenters. The summed E-state index contributed by atoms with van der Waals surface area (Å²) in [5.41, 5.74) is 8.44. The Morgan fingerprint density at radius 2 is 2.04 bits per heavy atom. The van der Waals surface area contributed by atoms with Crippen LogP contribution < -0.4 is 24.7 Å². The van der Waals surface area contributed by atoms with Crippen molar-refractivity contribution in [3.05, 3.63) is 47.0 Å². The molecular weight excluding hydrogens is 358 g/mol. The van der Waals surface area contributed by atoms with Gasteiger partial charge in [0.25, 0.3) is 0 Å². The van der Waals surface area contributed by atoms with E-state index >= 15 is 0 Å². The maximum absolute atomic E-state index is 13.1. The van der Waals surface area contributed by atoms with Crippen LogP contribution in [0.25, 0.3) is 6.08 Å². The van der Waals surface area contributed by atoms with Crippen LogP contribution in [-0.4, -0.2) is 26.3 Å². The molecule has 0 fully saturated rings. The van der Waals surface area contributed by atoms with Gasteiger partial charge in [-0.3, -0.25) is 4.79 Å². The molecule has 0 bridgehead atoms. The van der Waals surface area contributed by atoms with Crippen LogP contribution in [-0.2, 0) is 0 Å². The minimum absolute atomic E-state index is 0.0729. The van der Waals surface area contributed by atoms with Gasteiger partial charge in [0.15, 0.2) is 17.3 Å². The molecule has 2 aromatic rings. The molecule has 0 atom stereocenters. The highest BCUT2D eigenvalue weighted by Gasteiger charge is 2.22. The third kappa shape index (κ3) is 3.91. The number of allylic oxidation sites excluding steroid dienone is 1. The fraction of sp³-hybridized carbons (Fsp3) is 0.318. The zero-order chi connectivity index (χ0) is 20.1. The number of carbonyl (C=O) groups is 1. The quantitative estimate of drug-likeness (QED) is 0.411. The number of ketones is 1. The van der Waals surface area contributed by atoms with Crippen LogP contribution in [0.1, 0.15) is 42.6 Å². The monoisotopic (exact) mass is 383 g/mol. The lowest BCUT2D eigenvalue weighted by Gasteiger charge is -2.12. The first-order valence-corrected chi connectivity index (χ1v) is 9.33. The topological polar surface area (TPSA) is 80.0 Å². The fourth-order valence-corrected chi connectivity index (χ4v) is 3.16. The Hall–Kier alpha value is -3.15. The number of hydrogen-bond donors (Lipinski definition) is 1. The first kappa shape index (κ1) is 19.6. The molecule has 1 aliphatic heterocycles. The van der Waals surface area contributed by atoms with Gasteiger partial charge in [-0.1, -0.05) is 13.3 Å². The van der Waals surface area contributed by atoms with E-state index in [-0.39, 0.29) is 12.6 Å². The van der Waals surface area contributed by atoms with Crippen LogP contribution in [0.15, 0.2) is 35.9 Å². The van der Waals surface area contributed by atoms with Crippen molar-refractivity contribution in [3.63, 3.8) is 0 Å². The van der Waals surface area contributed by atoms with Crippen LogP contribution in [0.3, 0.4) is 0 Å². The van der Waals surface area contributed by atoms with E-state index in [1.54, 1.807) is 25.3 Å². The van der Waals surface area contributed by atoms with Crippen molar-refractivity contribution in [2.24, 2.45) is 0 Å². The van der Waals surface area contributed by atoms with E-state index in [9.17, 15) is 4.79 Å². The molecule has 6 nitrogen and oxygen atoms in total. The van der Waals surface area contributed by atoms with Gasteiger partial charge in [-0.15, -0.1) is 0 Å². The molecule has 6 heteroatoms. The van der Waals surface area contributed by atoms with Crippen molar-refractivity contribution >= 4 is 17.5 Å². The Labute approximate surface area is 164 Å². The lowest BCUT2D eigenvalue weighted by atomic mass is 9.96. The zero-order valence-corrected chi connectivity index (χ0v) is 16.4. The number of fused-ring (bicyclic) bond motifs is 1. The summed E-state index contributed by atoms with van der Waals surface area (Å²) in [7, 11) is 1.57. The van der Waals surface area contributed by atoms with Gasteiger partial charge >= 0.3 is 0 Å². The Kier molecular flexibility index (Phi) is 6.09. The average Bonchev–Trinajstić information content (AvgIpc) is 3.17. The maximum Gasteiger partial charge on any atom is 0.231 e. The van der Waals surface area contributed by atoms with E-state index < -0.39 is 0 Å². The Morgan fingerprint density at radius 3 is 2.71 bits per heavy atom. The van der Waals surface area contributed by atoms with E-state index in [2.05, 4.69) is 0 Å². The number of hydrogen-bond acceptors (Lipinski definition) is 6. The van der Waals surface area contributed by atoms with Gasteiger partial charge in [-0.25, -0.2) is 0 Å². The van der Waals surface area contributed by atoms with Gasteiger partial charge in [0.05, 0.1) is 19.4 Å². The summed E-state index contributed by atoms with van der Waals surface area (Å²) in [6, 6.07) is 8.82. The molecule has 0 saturated carbocycles. The zero-order valence-electron chi connectivity index (χ0n) is 16.4. The van der Waals surface area contributed by atoms with E-state index in [0.29, 0.717) is 52.8 Å². The number of anilines is 1. The number of methoxy groups -OCH3 is 1. The molecule has 148 valence electrons. The molecule has 2 aromatic carbocycles. The number of nitrogen functional groups attached to an aromatic ring is 1. The predicted octanol–water partition coefficient (Wildman–Crippen LogP) is 4.47. The first-order valence-electron chi connectivity index (χ1n) is 9.33. The SMILES string of the molecule is CCC/C(=C\c1ccc2c(c1OC)OCO2)C(=O)c1ccc(OCC)c(N)c1. The summed E-state index contributed by atoms with van der Waals surface area (Å²) in [5, 5.41) is 0. The van der Waals surface area contributed by atoms with Gasteiger partial charge in [-0.2, -0.15) is 0 Å². The molecule has 0 aliphatic carbocycles. The molecule has 1 aliphatic rings. The van der Waals surface area contributed by atoms with Crippen molar-refractivity contribution in [2.75, 3.05) is 26.2 Å². The highest BCUT2D eigenvalue weighted by atomic mass is 16.7. The van der Waals surface area contributed by atoms with Gasteiger partial charge in [0.2, 0.25) is 12.5 Å². The third-order valence-electron chi connectivity index (χ3n) is 4.44. The molecule has 0 radical (unpaired) electrons. The second-order valence-electron chi connectivity index (χ2n) is 6.36. The second-order valence-corrected chi connectivity index (χ2v) is 6.36. The molecule has 2 N–H and O–H groups in total. The summed E-state index contributed by atoms with van der Waals surface area (Å²) in [6.45, 7) is 4.59.